The lowest BCUT2D eigenvalue weighted by molar-refractivity contribution is -0.123. The van der Waals surface area contributed by atoms with Gasteiger partial charge in [-0.3, -0.25) is 4.79 Å². The van der Waals surface area contributed by atoms with Gasteiger partial charge in [-0.1, -0.05) is 50.6 Å². The van der Waals surface area contributed by atoms with Crippen molar-refractivity contribution in [1.29, 1.82) is 0 Å². The van der Waals surface area contributed by atoms with E-state index in [0.717, 1.165) is 18.4 Å². The van der Waals surface area contributed by atoms with Crippen LogP contribution >= 0.6 is 0 Å². The van der Waals surface area contributed by atoms with Gasteiger partial charge in [0.25, 0.3) is 0 Å². The van der Waals surface area contributed by atoms with Gasteiger partial charge in [-0.25, -0.2) is 4.79 Å². The predicted octanol–water partition coefficient (Wildman–Crippen LogP) is 2.77. The third kappa shape index (κ3) is 4.71. The number of nitrogens with zero attached hydrogens (tertiary/aromatic N) is 1. The molecule has 1 aromatic rings. The highest BCUT2D eigenvalue weighted by atomic mass is 16.6. The molecular weight excluding hydrogens is 292 g/mol. The van der Waals surface area contributed by atoms with Gasteiger partial charge in [0.1, 0.15) is 6.61 Å². The zero-order valence-corrected chi connectivity index (χ0v) is 14.0. The largest absolute Gasteiger partial charge is 0.448 e. The lowest BCUT2D eigenvalue weighted by atomic mass is 9.85. The summed E-state index contributed by atoms with van der Waals surface area (Å²) in [6.07, 6.45) is 1.44. The second kappa shape index (κ2) is 8.56. The fourth-order valence-electron chi connectivity index (χ4n) is 2.85. The maximum atomic E-state index is 12.6. The van der Waals surface area contributed by atoms with E-state index >= 15 is 0 Å². The standard InChI is InChI=1S/C18H26N2O3/c1-3-14(2)16(15-8-5-4-6-9-15)17(21)19-10-7-11-20-12-13-23-18(20)22/h4-6,8-9,14,16H,3,7,10-13H2,1-2H3,(H,19,21)/t14-,16-/m0/s1. The molecule has 23 heavy (non-hydrogen) atoms. The number of cyclic esters (lactones) is 1. The summed E-state index contributed by atoms with van der Waals surface area (Å²) in [5.74, 6) is 0.221. The Morgan fingerprint density at radius 3 is 2.70 bits per heavy atom. The molecule has 2 rings (SSSR count). The minimum Gasteiger partial charge on any atom is -0.448 e. The predicted molar refractivity (Wildman–Crippen MR) is 89.2 cm³/mol. The molecule has 1 N–H and O–H groups in total. The summed E-state index contributed by atoms with van der Waals surface area (Å²) in [7, 11) is 0. The molecule has 0 saturated carbocycles. The van der Waals surface area contributed by atoms with Gasteiger partial charge in [0.05, 0.1) is 12.5 Å². The molecule has 5 heteroatoms. The zero-order chi connectivity index (χ0) is 16.7. The average Bonchev–Trinajstić information content (AvgIpc) is 2.97. The van der Waals surface area contributed by atoms with Gasteiger partial charge in [0, 0.05) is 13.1 Å². The molecule has 0 bridgehead atoms. The van der Waals surface area contributed by atoms with Gasteiger partial charge in [0.15, 0.2) is 0 Å². The van der Waals surface area contributed by atoms with Gasteiger partial charge in [-0.2, -0.15) is 0 Å². The first kappa shape index (κ1) is 17.3. The number of hydrogen-bond donors (Lipinski definition) is 1. The van der Waals surface area contributed by atoms with Crippen LogP contribution < -0.4 is 5.32 Å². The van der Waals surface area contributed by atoms with Crippen LogP contribution in [0.4, 0.5) is 4.79 Å². The quantitative estimate of drug-likeness (QED) is 0.750. The van der Waals surface area contributed by atoms with Crippen molar-refractivity contribution in [3.8, 4) is 0 Å². The number of hydrogen-bond acceptors (Lipinski definition) is 3. The Labute approximate surface area is 138 Å². The smallest absolute Gasteiger partial charge is 0.409 e. The van der Waals surface area contributed by atoms with Crippen LogP contribution in [0.25, 0.3) is 0 Å². The highest BCUT2D eigenvalue weighted by Gasteiger charge is 2.25. The summed E-state index contributed by atoms with van der Waals surface area (Å²) in [6.45, 7) is 6.52. The third-order valence-corrected chi connectivity index (χ3v) is 4.40. The fourth-order valence-corrected chi connectivity index (χ4v) is 2.85. The normalized spacial score (nSPS) is 16.8. The number of carbonyl (C=O) groups excluding carboxylic acids is 2. The van der Waals surface area contributed by atoms with Crippen molar-refractivity contribution in [3.63, 3.8) is 0 Å². The molecule has 1 aliphatic heterocycles. The van der Waals surface area contributed by atoms with Crippen molar-refractivity contribution in [1.82, 2.24) is 10.2 Å². The van der Waals surface area contributed by atoms with Gasteiger partial charge in [-0.15, -0.1) is 0 Å². The molecule has 1 fully saturated rings. The van der Waals surface area contributed by atoms with E-state index in [4.69, 9.17) is 4.74 Å². The lowest BCUT2D eigenvalue weighted by Gasteiger charge is -2.23. The van der Waals surface area contributed by atoms with Crippen LogP contribution in [-0.4, -0.2) is 43.1 Å². The number of nitrogens with one attached hydrogen (secondary N) is 1. The van der Waals surface area contributed by atoms with Crippen molar-refractivity contribution in [2.45, 2.75) is 32.6 Å². The summed E-state index contributed by atoms with van der Waals surface area (Å²) in [6, 6.07) is 9.92. The molecule has 1 heterocycles. The molecule has 1 saturated heterocycles. The van der Waals surface area contributed by atoms with Crippen molar-refractivity contribution in [3.05, 3.63) is 35.9 Å². The van der Waals surface area contributed by atoms with Crippen molar-refractivity contribution in [2.75, 3.05) is 26.2 Å². The van der Waals surface area contributed by atoms with E-state index in [1.54, 1.807) is 4.90 Å². The first-order chi connectivity index (χ1) is 11.1. The van der Waals surface area contributed by atoms with Crippen LogP contribution in [0.1, 0.15) is 38.2 Å². The van der Waals surface area contributed by atoms with Crippen molar-refractivity contribution >= 4 is 12.0 Å². The van der Waals surface area contributed by atoms with Gasteiger partial charge >= 0.3 is 6.09 Å². The molecule has 5 nitrogen and oxygen atoms in total. The number of rotatable bonds is 8. The van der Waals surface area contributed by atoms with E-state index in [9.17, 15) is 9.59 Å². The monoisotopic (exact) mass is 318 g/mol. The SMILES string of the molecule is CC[C@H](C)[C@H](C(=O)NCCCN1CCOC1=O)c1ccccc1. The summed E-state index contributed by atoms with van der Waals surface area (Å²) in [5, 5.41) is 3.02. The first-order valence-electron chi connectivity index (χ1n) is 8.37. The Morgan fingerprint density at radius 1 is 1.35 bits per heavy atom. The molecule has 2 amide bonds. The topological polar surface area (TPSA) is 58.6 Å². The van der Waals surface area contributed by atoms with Crippen LogP contribution in [0.5, 0.6) is 0 Å². The number of benzene rings is 1. The maximum Gasteiger partial charge on any atom is 0.409 e. The first-order valence-corrected chi connectivity index (χ1v) is 8.37. The summed E-state index contributed by atoms with van der Waals surface area (Å²) < 4.78 is 4.89. The second-order valence-electron chi connectivity index (χ2n) is 6.02. The molecule has 1 aromatic carbocycles. The second-order valence-corrected chi connectivity index (χ2v) is 6.02. The molecule has 126 valence electrons. The van der Waals surface area contributed by atoms with Gasteiger partial charge < -0.3 is 15.0 Å². The molecular formula is C18H26N2O3. The van der Waals surface area contributed by atoms with E-state index < -0.39 is 0 Å². The molecule has 0 unspecified atom stereocenters. The summed E-state index contributed by atoms with van der Waals surface area (Å²) in [4.78, 5) is 25.6. The van der Waals surface area contributed by atoms with Crippen molar-refractivity contribution in [2.24, 2.45) is 5.92 Å². The Bertz CT molecular complexity index is 518. The summed E-state index contributed by atoms with van der Waals surface area (Å²) in [5.41, 5.74) is 1.06. The average molecular weight is 318 g/mol. The number of amides is 2. The molecule has 0 aliphatic carbocycles. The Morgan fingerprint density at radius 2 is 2.09 bits per heavy atom. The van der Waals surface area contributed by atoms with Crippen LogP contribution in [0.15, 0.2) is 30.3 Å². The van der Waals surface area contributed by atoms with E-state index in [1.165, 1.54) is 0 Å². The molecule has 1 aliphatic rings. The molecule has 2 atom stereocenters. The van der Waals surface area contributed by atoms with Crippen LogP contribution in [-0.2, 0) is 9.53 Å². The minimum absolute atomic E-state index is 0.0644. The number of ether oxygens (including phenoxy) is 1. The molecule has 0 aromatic heterocycles. The van der Waals surface area contributed by atoms with Gasteiger partial charge in [-0.05, 0) is 17.9 Å². The number of carbonyl (C=O) groups is 2. The molecule has 0 radical (unpaired) electrons. The van der Waals surface area contributed by atoms with E-state index in [0.29, 0.717) is 26.2 Å². The van der Waals surface area contributed by atoms with Crippen molar-refractivity contribution < 1.29 is 14.3 Å². The van der Waals surface area contributed by atoms with Crippen LogP contribution in [0.2, 0.25) is 0 Å². The van der Waals surface area contributed by atoms with E-state index in [-0.39, 0.29) is 23.8 Å². The maximum absolute atomic E-state index is 12.6. The zero-order valence-electron chi connectivity index (χ0n) is 14.0. The molecule has 0 spiro atoms. The summed E-state index contributed by atoms with van der Waals surface area (Å²) >= 11 is 0. The highest BCUT2D eigenvalue weighted by molar-refractivity contribution is 5.83. The Balaban J connectivity index is 1.84. The van der Waals surface area contributed by atoms with E-state index in [2.05, 4.69) is 19.2 Å². The minimum atomic E-state index is -0.252. The van der Waals surface area contributed by atoms with E-state index in [1.807, 2.05) is 30.3 Å². The Hall–Kier alpha value is -2.04. The fraction of sp³-hybridized carbons (Fsp3) is 0.556. The van der Waals surface area contributed by atoms with Crippen LogP contribution in [0.3, 0.4) is 0 Å². The Kier molecular flexibility index (Phi) is 6.44. The lowest BCUT2D eigenvalue weighted by Crippen LogP contribution is -2.35. The highest BCUT2D eigenvalue weighted by Crippen LogP contribution is 2.27. The third-order valence-electron chi connectivity index (χ3n) is 4.40. The van der Waals surface area contributed by atoms with Gasteiger partial charge in [0.2, 0.25) is 5.91 Å². The van der Waals surface area contributed by atoms with Crippen LogP contribution in [0, 0.1) is 5.92 Å².